The third kappa shape index (κ3) is 16.8. The topological polar surface area (TPSA) is 174 Å². The summed E-state index contributed by atoms with van der Waals surface area (Å²) in [5.41, 5.74) is 4.31. The molecule has 0 aliphatic carbocycles. The van der Waals surface area contributed by atoms with E-state index in [0.29, 0.717) is 43.6 Å². The molecular weight excluding hydrogens is 857 g/mol. The number of esters is 5. The highest BCUT2D eigenvalue weighted by atomic mass is 16.6. The molecule has 0 aliphatic rings. The van der Waals surface area contributed by atoms with E-state index in [-0.39, 0.29) is 39.5 Å². The standard InChI is InChI=1S/C53H54N2O12/c1-5-49(56)63-31-15-9-7-13-29-61-44-25-20-39(21-26-44)52(59)65-46-35-48(66-51(58)37(3)4)47(34-42(46)36-54-55-43-24-19-38-17-11-12-18-41(38)33-43)67-53(60)40-22-27-45(28-23-40)62-30-14-8-10-16-32-64-50(57)6-2/h5-6,11-12,17-28,33-36,55H,1-3,7-10,13-16,29-32H2,4H3/b54-36+. The van der Waals surface area contributed by atoms with Crippen LogP contribution in [0.1, 0.15) is 84.6 Å². The number of benzene rings is 5. The molecule has 5 aromatic carbocycles. The number of rotatable bonds is 27. The lowest BCUT2D eigenvalue weighted by molar-refractivity contribution is -0.138. The second-order valence-corrected chi connectivity index (χ2v) is 15.0. The molecule has 348 valence electrons. The normalized spacial score (nSPS) is 10.7. The molecule has 0 bridgehead atoms. The number of carbonyl (C=O) groups excluding carboxylic acids is 5. The number of hydrogen-bond acceptors (Lipinski definition) is 14. The lowest BCUT2D eigenvalue weighted by atomic mass is 10.1. The van der Waals surface area contributed by atoms with Gasteiger partial charge in [-0.1, -0.05) is 50.1 Å². The lowest BCUT2D eigenvalue weighted by Gasteiger charge is -2.15. The first-order chi connectivity index (χ1) is 32.5. The van der Waals surface area contributed by atoms with Crippen molar-refractivity contribution in [2.24, 2.45) is 5.10 Å². The van der Waals surface area contributed by atoms with Gasteiger partial charge >= 0.3 is 29.8 Å². The number of unbranched alkanes of at least 4 members (excludes halogenated alkanes) is 6. The van der Waals surface area contributed by atoms with Crippen LogP contribution in [0.3, 0.4) is 0 Å². The molecule has 14 nitrogen and oxygen atoms in total. The van der Waals surface area contributed by atoms with Crippen molar-refractivity contribution in [3.05, 3.63) is 157 Å². The molecule has 0 saturated carbocycles. The first kappa shape index (κ1) is 50.0. The first-order valence-electron chi connectivity index (χ1n) is 21.8. The molecule has 1 N–H and O–H groups in total. The minimum Gasteiger partial charge on any atom is -0.494 e. The van der Waals surface area contributed by atoms with Crippen molar-refractivity contribution in [1.82, 2.24) is 0 Å². The fraction of sp³-hybridized carbons (Fsp3) is 0.245. The average Bonchev–Trinajstić information content (AvgIpc) is 3.34. The summed E-state index contributed by atoms with van der Waals surface area (Å²) in [6, 6.07) is 29.0. The average molecular weight is 911 g/mol. The van der Waals surface area contributed by atoms with E-state index < -0.39 is 29.8 Å². The van der Waals surface area contributed by atoms with Crippen LogP contribution in [0.2, 0.25) is 0 Å². The summed E-state index contributed by atoms with van der Waals surface area (Å²) in [5.74, 6) is -2.53. The van der Waals surface area contributed by atoms with E-state index in [1.54, 1.807) is 48.5 Å². The molecule has 0 amide bonds. The molecule has 0 unspecified atom stereocenters. The van der Waals surface area contributed by atoms with Gasteiger partial charge in [-0.2, -0.15) is 5.10 Å². The smallest absolute Gasteiger partial charge is 0.343 e. The van der Waals surface area contributed by atoms with Gasteiger partial charge in [0, 0.05) is 29.4 Å². The zero-order chi connectivity index (χ0) is 47.8. The summed E-state index contributed by atoms with van der Waals surface area (Å²) in [4.78, 5) is 62.4. The van der Waals surface area contributed by atoms with Gasteiger partial charge in [-0.15, -0.1) is 0 Å². The number of hydrogen-bond donors (Lipinski definition) is 1. The van der Waals surface area contributed by atoms with Crippen molar-refractivity contribution in [2.75, 3.05) is 31.9 Å². The minimum atomic E-state index is -0.809. The highest BCUT2D eigenvalue weighted by molar-refractivity contribution is 5.96. The Morgan fingerprint density at radius 1 is 0.552 bits per heavy atom. The zero-order valence-electron chi connectivity index (χ0n) is 37.5. The second-order valence-electron chi connectivity index (χ2n) is 15.0. The molecule has 0 heterocycles. The number of hydrazone groups is 1. The minimum absolute atomic E-state index is 0.0596. The van der Waals surface area contributed by atoms with Crippen molar-refractivity contribution in [3.63, 3.8) is 0 Å². The van der Waals surface area contributed by atoms with Crippen LogP contribution in [-0.4, -0.2) is 62.5 Å². The fourth-order valence-corrected chi connectivity index (χ4v) is 6.18. The highest BCUT2D eigenvalue weighted by Gasteiger charge is 2.22. The maximum atomic E-state index is 13.6. The largest absolute Gasteiger partial charge is 0.494 e. The molecule has 5 rings (SSSR count). The Balaban J connectivity index is 1.29. The molecule has 67 heavy (non-hydrogen) atoms. The Hall–Kier alpha value is -8.00. The molecule has 0 atom stereocenters. The molecule has 14 heteroatoms. The predicted molar refractivity (Wildman–Crippen MR) is 255 cm³/mol. The molecule has 0 saturated heterocycles. The van der Waals surface area contributed by atoms with Gasteiger partial charge < -0.3 is 33.2 Å². The molecule has 0 spiro atoms. The van der Waals surface area contributed by atoms with Gasteiger partial charge in [0.25, 0.3) is 0 Å². The van der Waals surface area contributed by atoms with Crippen LogP contribution in [0, 0.1) is 0 Å². The molecule has 0 radical (unpaired) electrons. The van der Waals surface area contributed by atoms with Crippen molar-refractivity contribution >= 4 is 52.5 Å². The third-order valence-corrected chi connectivity index (χ3v) is 9.80. The van der Waals surface area contributed by atoms with Gasteiger partial charge in [0.05, 0.1) is 49.5 Å². The SMILES string of the molecule is C=CC(=O)OCCCCCCOc1ccc(C(=O)Oc2cc(OC(=O)C(=C)C)c(OC(=O)c3ccc(OCCCCCCOC(=O)C=C)cc3)cc2/C=N/Nc2ccc3ccccc3c2)cc1. The van der Waals surface area contributed by atoms with Gasteiger partial charge in [-0.05, 0) is 136 Å². The molecule has 5 aromatic rings. The maximum absolute atomic E-state index is 13.6. The van der Waals surface area contributed by atoms with Crippen molar-refractivity contribution in [2.45, 2.75) is 58.3 Å². The van der Waals surface area contributed by atoms with Crippen LogP contribution in [0.15, 0.2) is 146 Å². The second kappa shape index (κ2) is 26.7. The number of carbonyl (C=O) groups is 5. The Kier molecular flexibility index (Phi) is 19.9. The van der Waals surface area contributed by atoms with Crippen molar-refractivity contribution < 1.29 is 57.1 Å². The number of fused-ring (bicyclic) bond motifs is 1. The van der Waals surface area contributed by atoms with Crippen LogP contribution >= 0.6 is 0 Å². The van der Waals surface area contributed by atoms with Crippen LogP contribution < -0.4 is 29.1 Å². The van der Waals surface area contributed by atoms with Gasteiger partial charge in [0.2, 0.25) is 0 Å². The lowest BCUT2D eigenvalue weighted by Crippen LogP contribution is -2.15. The molecule has 0 fully saturated rings. The monoisotopic (exact) mass is 910 g/mol. The van der Waals surface area contributed by atoms with Gasteiger partial charge in [0.15, 0.2) is 11.5 Å². The molecular formula is C53H54N2O12. The van der Waals surface area contributed by atoms with Gasteiger partial charge in [-0.3, -0.25) is 5.43 Å². The van der Waals surface area contributed by atoms with Crippen LogP contribution in [0.25, 0.3) is 10.8 Å². The Labute approximate surface area is 389 Å². The predicted octanol–water partition coefficient (Wildman–Crippen LogP) is 10.5. The van der Waals surface area contributed by atoms with Crippen LogP contribution in [-0.2, 0) is 23.9 Å². The summed E-state index contributed by atoms with van der Waals surface area (Å²) in [7, 11) is 0. The maximum Gasteiger partial charge on any atom is 0.343 e. The number of nitrogens with zero attached hydrogens (tertiary/aromatic N) is 1. The Morgan fingerprint density at radius 3 is 1.57 bits per heavy atom. The quantitative estimate of drug-likeness (QED) is 0.0132. The highest BCUT2D eigenvalue weighted by Crippen LogP contribution is 2.36. The van der Waals surface area contributed by atoms with E-state index in [0.717, 1.165) is 74.3 Å². The van der Waals surface area contributed by atoms with Gasteiger partial charge in [0.1, 0.15) is 17.2 Å². The van der Waals surface area contributed by atoms with Crippen LogP contribution in [0.4, 0.5) is 5.69 Å². The van der Waals surface area contributed by atoms with E-state index >= 15 is 0 Å². The van der Waals surface area contributed by atoms with E-state index in [1.807, 2.05) is 42.5 Å². The Bertz CT molecular complexity index is 2550. The summed E-state index contributed by atoms with van der Waals surface area (Å²) < 4.78 is 39.0. The summed E-state index contributed by atoms with van der Waals surface area (Å²) in [6.07, 6.45) is 10.2. The zero-order valence-corrected chi connectivity index (χ0v) is 37.5. The van der Waals surface area contributed by atoms with Gasteiger partial charge in [-0.25, -0.2) is 24.0 Å². The third-order valence-electron chi connectivity index (χ3n) is 9.80. The molecule has 0 aromatic heterocycles. The van der Waals surface area contributed by atoms with E-state index in [9.17, 15) is 24.0 Å². The van der Waals surface area contributed by atoms with E-state index in [4.69, 9.17) is 33.2 Å². The van der Waals surface area contributed by atoms with Crippen molar-refractivity contribution in [1.29, 1.82) is 0 Å². The van der Waals surface area contributed by atoms with E-state index in [1.165, 1.54) is 25.3 Å². The summed E-state index contributed by atoms with van der Waals surface area (Å²) in [5, 5.41) is 6.44. The van der Waals surface area contributed by atoms with Crippen molar-refractivity contribution in [3.8, 4) is 28.7 Å². The fourth-order valence-electron chi connectivity index (χ4n) is 6.18. The number of anilines is 1. The number of nitrogens with one attached hydrogen (secondary N) is 1. The molecule has 0 aliphatic heterocycles. The Morgan fingerprint density at radius 2 is 1.04 bits per heavy atom. The first-order valence-corrected chi connectivity index (χ1v) is 21.8. The number of ether oxygens (including phenoxy) is 7. The summed E-state index contributed by atoms with van der Waals surface area (Å²) in [6.45, 7) is 13.5. The van der Waals surface area contributed by atoms with Crippen LogP contribution in [0.5, 0.6) is 28.7 Å². The van der Waals surface area contributed by atoms with E-state index in [2.05, 4.69) is 30.3 Å². The summed E-state index contributed by atoms with van der Waals surface area (Å²) >= 11 is 0.